The summed E-state index contributed by atoms with van der Waals surface area (Å²) in [5, 5.41) is 8.78. The van der Waals surface area contributed by atoms with E-state index < -0.39 is 12.1 Å². The molecule has 4 fully saturated rings. The number of alkyl halides is 3. The van der Waals surface area contributed by atoms with E-state index in [-0.39, 0.29) is 24.8 Å². The zero-order chi connectivity index (χ0) is 20.1. The smallest absolute Gasteiger partial charge is 0.475 e. The molecule has 4 rings (SSSR count). The SMILES string of the molecule is CC(C)C[C@H](N)B1O[C@@H]2C[C@@H]3C[C@@H](C3(C)C)[C@]2(C)O1.O=C([O-])C(F)(F)F. The summed E-state index contributed by atoms with van der Waals surface area (Å²) in [5.74, 6) is -0.989. The van der Waals surface area contributed by atoms with Crippen LogP contribution in [0.4, 0.5) is 13.2 Å². The number of halogens is 3. The van der Waals surface area contributed by atoms with Crippen LogP contribution in [0.1, 0.15) is 53.9 Å². The third kappa shape index (κ3) is 3.89. The summed E-state index contributed by atoms with van der Waals surface area (Å²) in [6, 6.07) is 0. The fourth-order valence-corrected chi connectivity index (χ4v) is 4.74. The minimum atomic E-state index is -5.19. The number of nitrogens with two attached hydrogens (primary N) is 1. The number of carbonyl (C=O) groups is 1. The molecule has 5 atom stereocenters. The van der Waals surface area contributed by atoms with E-state index >= 15 is 0 Å². The monoisotopic (exact) mass is 378 g/mol. The molecule has 150 valence electrons. The molecule has 0 aromatic carbocycles. The summed E-state index contributed by atoms with van der Waals surface area (Å²) in [7, 11) is -0.201. The highest BCUT2D eigenvalue weighted by molar-refractivity contribution is 6.47. The fraction of sp³-hybridized carbons (Fsp3) is 0.941. The second kappa shape index (κ2) is 6.98. The van der Waals surface area contributed by atoms with Crippen molar-refractivity contribution in [3.63, 3.8) is 0 Å². The molecule has 3 aliphatic carbocycles. The normalized spacial score (nSPS) is 35.9. The molecule has 0 radical (unpaired) electrons. The van der Waals surface area contributed by atoms with Gasteiger partial charge in [-0.15, -0.1) is 0 Å². The summed E-state index contributed by atoms with van der Waals surface area (Å²) >= 11 is 0. The lowest BCUT2D eigenvalue weighted by atomic mass is 9.43. The molecule has 26 heavy (non-hydrogen) atoms. The number of rotatable bonds is 3. The number of carbonyl (C=O) groups excluding carboxylic acids is 1. The van der Waals surface area contributed by atoms with Crippen LogP contribution in [-0.4, -0.2) is 36.9 Å². The van der Waals surface area contributed by atoms with Crippen molar-refractivity contribution in [2.45, 2.75) is 77.7 Å². The number of carboxylic acid groups (broad SMARTS) is 1. The standard InChI is InChI=1S/C15H28BNO2.C2HF3O2/c1-9(2)6-13(17)16-18-12-8-10-7-11(14(10,3)4)15(12,5)19-16;3-2(4,5)1(6)7/h9-13H,6-8,17H2,1-5H3;(H,6,7)/p-1/t10-,11-,12+,13-,15-;/m0./s1. The Hall–Kier alpha value is -0.795. The third-order valence-corrected chi connectivity index (χ3v) is 6.29. The molecule has 9 heteroatoms. The zero-order valence-electron chi connectivity index (χ0n) is 15.9. The van der Waals surface area contributed by atoms with Crippen molar-refractivity contribution >= 4 is 13.1 Å². The van der Waals surface area contributed by atoms with Crippen LogP contribution in [0.25, 0.3) is 0 Å². The van der Waals surface area contributed by atoms with Gasteiger partial charge in [0.2, 0.25) is 0 Å². The van der Waals surface area contributed by atoms with E-state index in [2.05, 4.69) is 34.6 Å². The Morgan fingerprint density at radius 1 is 1.31 bits per heavy atom. The predicted molar refractivity (Wildman–Crippen MR) is 88.6 cm³/mol. The van der Waals surface area contributed by atoms with Gasteiger partial charge in [-0.3, -0.25) is 0 Å². The Bertz CT molecular complexity index is 543. The largest absolute Gasteiger partial charge is 0.542 e. The number of hydrogen-bond donors (Lipinski definition) is 1. The lowest BCUT2D eigenvalue weighted by Gasteiger charge is -2.64. The minimum absolute atomic E-state index is 0.00253. The molecular formula is C17H28BF3NO4-. The molecule has 0 unspecified atom stereocenters. The van der Waals surface area contributed by atoms with E-state index in [1.807, 2.05) is 0 Å². The lowest BCUT2D eigenvalue weighted by molar-refractivity contribution is -0.344. The summed E-state index contributed by atoms with van der Waals surface area (Å²) in [6.45, 7) is 11.4. The maximum absolute atomic E-state index is 10.5. The highest BCUT2D eigenvalue weighted by Crippen LogP contribution is 2.65. The molecular weight excluding hydrogens is 350 g/mol. The molecule has 0 aromatic rings. The molecule has 4 aliphatic rings. The van der Waals surface area contributed by atoms with E-state index in [0.717, 1.165) is 18.8 Å². The van der Waals surface area contributed by atoms with Crippen LogP contribution in [-0.2, 0) is 14.1 Å². The highest BCUT2D eigenvalue weighted by Gasteiger charge is 2.68. The summed E-state index contributed by atoms with van der Waals surface area (Å²) in [5.41, 5.74) is 6.56. The van der Waals surface area contributed by atoms with Gasteiger partial charge in [-0.05, 0) is 49.4 Å². The van der Waals surface area contributed by atoms with E-state index in [4.69, 9.17) is 24.9 Å². The second-order valence-electron chi connectivity index (χ2n) is 8.92. The summed E-state index contributed by atoms with van der Waals surface area (Å²) in [6.07, 6.45) is -1.53. The Morgan fingerprint density at radius 2 is 1.85 bits per heavy atom. The van der Waals surface area contributed by atoms with Crippen molar-refractivity contribution in [2.24, 2.45) is 28.9 Å². The molecule has 1 saturated heterocycles. The average molecular weight is 378 g/mol. The molecule has 0 amide bonds. The maximum atomic E-state index is 10.5. The zero-order valence-corrected chi connectivity index (χ0v) is 15.9. The topological polar surface area (TPSA) is 84.6 Å². The predicted octanol–water partition coefficient (Wildman–Crippen LogP) is 1.93. The average Bonchev–Trinajstić information content (AvgIpc) is 2.83. The van der Waals surface area contributed by atoms with Crippen molar-refractivity contribution in [2.75, 3.05) is 0 Å². The number of carboxylic acids is 1. The van der Waals surface area contributed by atoms with Gasteiger partial charge in [0.1, 0.15) is 5.97 Å². The van der Waals surface area contributed by atoms with E-state index in [0.29, 0.717) is 17.3 Å². The van der Waals surface area contributed by atoms with E-state index in [1.54, 1.807) is 0 Å². The van der Waals surface area contributed by atoms with Crippen molar-refractivity contribution in [3.8, 4) is 0 Å². The second-order valence-corrected chi connectivity index (χ2v) is 8.92. The maximum Gasteiger partial charge on any atom is 0.475 e. The third-order valence-electron chi connectivity index (χ3n) is 6.29. The molecule has 3 saturated carbocycles. The van der Waals surface area contributed by atoms with Crippen LogP contribution >= 0.6 is 0 Å². The first-order chi connectivity index (χ1) is 11.7. The summed E-state index contributed by atoms with van der Waals surface area (Å²) in [4.78, 5) is 8.78. The number of hydrogen-bond acceptors (Lipinski definition) is 5. The quantitative estimate of drug-likeness (QED) is 0.759. The van der Waals surface area contributed by atoms with Gasteiger partial charge in [0.05, 0.1) is 11.7 Å². The Balaban J connectivity index is 0.000000298. The van der Waals surface area contributed by atoms with Gasteiger partial charge >= 0.3 is 13.3 Å². The first kappa shape index (κ1) is 21.5. The van der Waals surface area contributed by atoms with Gasteiger partial charge in [0.15, 0.2) is 0 Å². The lowest BCUT2D eigenvalue weighted by Crippen LogP contribution is -2.65. The first-order valence-electron chi connectivity index (χ1n) is 9.06. The van der Waals surface area contributed by atoms with Crippen molar-refractivity contribution < 1.29 is 32.4 Å². The van der Waals surface area contributed by atoms with Crippen LogP contribution in [0.3, 0.4) is 0 Å². The summed E-state index contributed by atoms with van der Waals surface area (Å²) < 4.78 is 44.1. The van der Waals surface area contributed by atoms with Crippen LogP contribution in [0, 0.1) is 23.2 Å². The van der Waals surface area contributed by atoms with Crippen LogP contribution in [0.5, 0.6) is 0 Å². The van der Waals surface area contributed by atoms with Gasteiger partial charge in [0, 0.05) is 5.94 Å². The molecule has 0 spiro atoms. The van der Waals surface area contributed by atoms with Crippen LogP contribution < -0.4 is 10.8 Å². The van der Waals surface area contributed by atoms with E-state index in [1.165, 1.54) is 6.42 Å². The van der Waals surface area contributed by atoms with Crippen LogP contribution in [0.2, 0.25) is 0 Å². The van der Waals surface area contributed by atoms with Gasteiger partial charge in [-0.1, -0.05) is 27.7 Å². The molecule has 2 bridgehead atoms. The Labute approximate surface area is 152 Å². The first-order valence-corrected chi connectivity index (χ1v) is 9.06. The van der Waals surface area contributed by atoms with Gasteiger partial charge in [0.25, 0.3) is 0 Å². The molecule has 2 N–H and O–H groups in total. The van der Waals surface area contributed by atoms with Crippen LogP contribution in [0.15, 0.2) is 0 Å². The molecule has 0 aromatic heterocycles. The Kier molecular flexibility index (Phi) is 5.77. The minimum Gasteiger partial charge on any atom is -0.542 e. The van der Waals surface area contributed by atoms with Gasteiger partial charge in [-0.25, -0.2) is 0 Å². The fourth-order valence-electron chi connectivity index (χ4n) is 4.74. The van der Waals surface area contributed by atoms with Crippen molar-refractivity contribution in [1.29, 1.82) is 0 Å². The van der Waals surface area contributed by atoms with E-state index in [9.17, 15) is 13.2 Å². The van der Waals surface area contributed by atoms with Gasteiger partial charge < -0.3 is 24.9 Å². The molecule has 5 nitrogen and oxygen atoms in total. The highest BCUT2D eigenvalue weighted by atomic mass is 19.4. The van der Waals surface area contributed by atoms with Crippen molar-refractivity contribution in [3.05, 3.63) is 0 Å². The Morgan fingerprint density at radius 3 is 2.27 bits per heavy atom. The van der Waals surface area contributed by atoms with Crippen molar-refractivity contribution in [1.82, 2.24) is 0 Å². The number of aliphatic carboxylic acids is 1. The molecule has 1 aliphatic heterocycles. The molecule has 1 heterocycles. The van der Waals surface area contributed by atoms with Gasteiger partial charge in [-0.2, -0.15) is 13.2 Å².